The summed E-state index contributed by atoms with van der Waals surface area (Å²) in [5.41, 5.74) is 1.11. The van der Waals surface area contributed by atoms with Gasteiger partial charge in [0, 0.05) is 9.86 Å². The van der Waals surface area contributed by atoms with Crippen LogP contribution in [0.2, 0.25) is 0 Å². The summed E-state index contributed by atoms with van der Waals surface area (Å²) < 4.78 is 7.15. The fourth-order valence-corrected chi connectivity index (χ4v) is 4.63. The lowest BCUT2D eigenvalue weighted by molar-refractivity contribution is 0.0984. The van der Waals surface area contributed by atoms with Crippen molar-refractivity contribution >= 4 is 65.7 Å². The van der Waals surface area contributed by atoms with E-state index in [0.717, 1.165) is 25.3 Å². The highest BCUT2D eigenvalue weighted by Gasteiger charge is 2.25. The van der Waals surface area contributed by atoms with Crippen LogP contribution >= 0.6 is 27.3 Å². The highest BCUT2D eigenvalue weighted by atomic mass is 79.9. The average Bonchev–Trinajstić information content (AvgIpc) is 3.22. The van der Waals surface area contributed by atoms with E-state index in [1.165, 1.54) is 17.4 Å². The number of anilines is 1. The Morgan fingerprint density at radius 2 is 1.81 bits per heavy atom. The highest BCUT2D eigenvalue weighted by molar-refractivity contribution is 9.10. The molecule has 3 aromatic carbocycles. The molecule has 5 aromatic rings. The van der Waals surface area contributed by atoms with E-state index in [4.69, 9.17) is 4.42 Å². The predicted molar refractivity (Wildman–Crippen MR) is 131 cm³/mol. The molecule has 0 saturated heterocycles. The van der Waals surface area contributed by atoms with Gasteiger partial charge in [0.05, 0.1) is 16.4 Å². The summed E-state index contributed by atoms with van der Waals surface area (Å²) in [5, 5.41) is 6.54. The van der Waals surface area contributed by atoms with Crippen molar-refractivity contribution in [2.75, 3.05) is 5.01 Å². The van der Waals surface area contributed by atoms with Crippen LogP contribution in [-0.4, -0.2) is 17.1 Å². The molecule has 32 heavy (non-hydrogen) atoms. The number of fused-ring (bicyclic) bond motifs is 2. The number of benzene rings is 3. The Hall–Kier alpha value is -3.62. The van der Waals surface area contributed by atoms with E-state index in [2.05, 4.69) is 26.0 Å². The number of para-hydroxylation sites is 1. The maximum Gasteiger partial charge on any atom is 0.349 e. The largest absolute Gasteiger partial charge is 0.422 e. The third-order valence-electron chi connectivity index (χ3n) is 4.71. The second-order valence-corrected chi connectivity index (χ2v) is 8.79. The lowest BCUT2D eigenvalue weighted by atomic mass is 10.2. The number of aromatic nitrogens is 1. The van der Waals surface area contributed by atoms with Gasteiger partial charge in [-0.25, -0.2) is 9.78 Å². The Morgan fingerprint density at radius 3 is 2.66 bits per heavy atom. The van der Waals surface area contributed by atoms with Gasteiger partial charge in [0.25, 0.3) is 5.91 Å². The van der Waals surface area contributed by atoms with Crippen LogP contribution in [-0.2, 0) is 0 Å². The van der Waals surface area contributed by atoms with Gasteiger partial charge in [-0.3, -0.25) is 4.79 Å². The number of nitrogens with zero attached hydrogens (tertiary/aromatic N) is 3. The molecule has 1 amide bonds. The summed E-state index contributed by atoms with van der Waals surface area (Å²) in [4.78, 5) is 30.7. The van der Waals surface area contributed by atoms with Gasteiger partial charge in [0.1, 0.15) is 11.1 Å². The van der Waals surface area contributed by atoms with Gasteiger partial charge in [-0.15, -0.1) is 0 Å². The highest BCUT2D eigenvalue weighted by Crippen LogP contribution is 2.32. The normalized spacial score (nSPS) is 11.4. The van der Waals surface area contributed by atoms with Crippen molar-refractivity contribution in [2.24, 2.45) is 5.10 Å². The number of hydrazone groups is 1. The molecule has 0 aliphatic heterocycles. The maximum absolute atomic E-state index is 13.5. The monoisotopic (exact) mass is 503 g/mol. The van der Waals surface area contributed by atoms with Crippen LogP contribution in [0.5, 0.6) is 0 Å². The van der Waals surface area contributed by atoms with E-state index in [1.807, 2.05) is 54.6 Å². The summed E-state index contributed by atoms with van der Waals surface area (Å²) in [7, 11) is 0. The lowest BCUT2D eigenvalue weighted by Crippen LogP contribution is -2.30. The third kappa shape index (κ3) is 3.98. The summed E-state index contributed by atoms with van der Waals surface area (Å²) >= 11 is 4.76. The quantitative estimate of drug-likeness (QED) is 0.175. The summed E-state index contributed by atoms with van der Waals surface area (Å²) in [6.45, 7) is 0. The van der Waals surface area contributed by atoms with E-state index >= 15 is 0 Å². The molecule has 0 bridgehead atoms. The molecule has 0 aliphatic carbocycles. The molecule has 5 rings (SSSR count). The van der Waals surface area contributed by atoms with Gasteiger partial charge >= 0.3 is 5.63 Å². The summed E-state index contributed by atoms with van der Waals surface area (Å²) in [6.07, 6.45) is 1.56. The van der Waals surface area contributed by atoms with Crippen molar-refractivity contribution in [3.8, 4) is 0 Å². The van der Waals surface area contributed by atoms with Crippen LogP contribution in [0.3, 0.4) is 0 Å². The van der Waals surface area contributed by atoms with Gasteiger partial charge in [0.2, 0.25) is 5.13 Å². The molecule has 2 aromatic heterocycles. The van der Waals surface area contributed by atoms with Gasteiger partial charge in [-0.2, -0.15) is 10.1 Å². The van der Waals surface area contributed by atoms with Crippen molar-refractivity contribution in [3.63, 3.8) is 0 Å². The van der Waals surface area contributed by atoms with Crippen LogP contribution in [0.1, 0.15) is 15.9 Å². The Bertz CT molecular complexity index is 1540. The molecule has 0 aliphatic rings. The van der Waals surface area contributed by atoms with Gasteiger partial charge in [-0.1, -0.05) is 75.8 Å². The van der Waals surface area contributed by atoms with Gasteiger partial charge in [-0.05, 0) is 35.9 Å². The molecule has 0 fully saturated rings. The van der Waals surface area contributed by atoms with Crippen LogP contribution in [0.4, 0.5) is 5.13 Å². The maximum atomic E-state index is 13.5. The van der Waals surface area contributed by atoms with E-state index in [1.54, 1.807) is 24.4 Å². The lowest BCUT2D eigenvalue weighted by Gasteiger charge is -2.13. The van der Waals surface area contributed by atoms with Crippen molar-refractivity contribution in [2.45, 2.75) is 0 Å². The predicted octanol–water partition coefficient (Wildman–Crippen LogP) is 5.85. The van der Waals surface area contributed by atoms with E-state index in [0.29, 0.717) is 16.1 Å². The second kappa shape index (κ2) is 8.49. The number of hydrogen-bond donors (Lipinski definition) is 0. The van der Waals surface area contributed by atoms with E-state index in [9.17, 15) is 9.59 Å². The minimum absolute atomic E-state index is 0.116. The minimum Gasteiger partial charge on any atom is -0.422 e. The van der Waals surface area contributed by atoms with Crippen molar-refractivity contribution in [1.82, 2.24) is 4.98 Å². The number of rotatable bonds is 4. The minimum atomic E-state index is -0.725. The first-order chi connectivity index (χ1) is 15.6. The van der Waals surface area contributed by atoms with Gasteiger partial charge in [0.15, 0.2) is 0 Å². The average molecular weight is 504 g/mol. The molecule has 8 heteroatoms. The molecule has 0 unspecified atom stereocenters. The number of carbonyl (C=O) groups is 1. The molecule has 0 N–H and O–H groups in total. The SMILES string of the molecule is O=C(c1cc2ccccc2oc1=O)N(/N=C/c1ccccc1)c1nc2ccc(Br)cc2s1. The Balaban J connectivity index is 1.63. The molecule has 0 saturated carbocycles. The Morgan fingerprint density at radius 1 is 1.03 bits per heavy atom. The summed E-state index contributed by atoms with van der Waals surface area (Å²) in [5.74, 6) is -0.616. The van der Waals surface area contributed by atoms with Crippen molar-refractivity contribution in [3.05, 3.63) is 105 Å². The fourth-order valence-electron chi connectivity index (χ4n) is 3.15. The zero-order valence-electron chi connectivity index (χ0n) is 16.4. The number of amides is 1. The number of halogens is 1. The van der Waals surface area contributed by atoms with Crippen LogP contribution in [0.25, 0.3) is 21.2 Å². The second-order valence-electron chi connectivity index (χ2n) is 6.87. The Kier molecular flexibility index (Phi) is 5.38. The molecular weight excluding hydrogens is 490 g/mol. The first kappa shape index (κ1) is 20.3. The zero-order chi connectivity index (χ0) is 22.1. The number of hydrogen-bond acceptors (Lipinski definition) is 6. The molecule has 6 nitrogen and oxygen atoms in total. The smallest absolute Gasteiger partial charge is 0.349 e. The third-order valence-corrected chi connectivity index (χ3v) is 6.19. The number of thiazole rings is 1. The van der Waals surface area contributed by atoms with Crippen LogP contribution < -0.4 is 10.6 Å². The van der Waals surface area contributed by atoms with Crippen molar-refractivity contribution < 1.29 is 9.21 Å². The van der Waals surface area contributed by atoms with Crippen LogP contribution in [0.15, 0.2) is 97.6 Å². The van der Waals surface area contributed by atoms with Gasteiger partial charge < -0.3 is 4.42 Å². The topological polar surface area (TPSA) is 75.8 Å². The molecule has 2 heterocycles. The molecule has 0 spiro atoms. The fraction of sp³-hybridized carbons (Fsp3) is 0. The molecular formula is C24H14BrN3O3S. The molecule has 0 radical (unpaired) electrons. The Labute approximate surface area is 194 Å². The molecule has 0 atom stereocenters. The van der Waals surface area contributed by atoms with E-state index in [-0.39, 0.29) is 5.56 Å². The standard InChI is InChI=1S/C24H14BrN3O3S/c25-17-10-11-19-21(13-17)32-24(27-19)28(26-14-15-6-2-1-3-7-15)22(29)18-12-16-8-4-5-9-20(16)31-23(18)30/h1-14H/b26-14+. The molecule has 156 valence electrons. The number of carbonyl (C=O) groups excluding carboxylic acids is 1. The van der Waals surface area contributed by atoms with Crippen LogP contribution in [0, 0.1) is 0 Å². The van der Waals surface area contributed by atoms with Crippen molar-refractivity contribution in [1.29, 1.82) is 0 Å². The zero-order valence-corrected chi connectivity index (χ0v) is 18.8. The first-order valence-corrected chi connectivity index (χ1v) is 11.2. The van der Waals surface area contributed by atoms with E-state index < -0.39 is 11.5 Å². The summed E-state index contributed by atoms with van der Waals surface area (Å²) in [6, 6.07) is 23.6. The first-order valence-electron chi connectivity index (χ1n) is 9.61.